The number of halogens is 3. The smallest absolute Gasteiger partial charge is 0.390 e. The summed E-state index contributed by atoms with van der Waals surface area (Å²) < 4.78 is 36.2. The number of alkyl halides is 3. The van der Waals surface area contributed by atoms with Gasteiger partial charge in [-0.25, -0.2) is 9.78 Å². The molecule has 2 rings (SSSR count). The van der Waals surface area contributed by atoms with E-state index in [9.17, 15) is 18.0 Å². The molecule has 1 aliphatic rings. The summed E-state index contributed by atoms with van der Waals surface area (Å²) in [4.78, 5) is 15.2. The SMILES string of the molecule is O=C(O)c1cc2c(nc1NCCC(F)(F)F)CCC2. The maximum absolute atomic E-state index is 12.1. The first kappa shape index (κ1) is 13.6. The summed E-state index contributed by atoms with van der Waals surface area (Å²) in [6.45, 7) is -0.379. The predicted molar refractivity (Wildman–Crippen MR) is 62.4 cm³/mol. The van der Waals surface area contributed by atoms with E-state index >= 15 is 0 Å². The van der Waals surface area contributed by atoms with Gasteiger partial charge in [0.25, 0.3) is 0 Å². The van der Waals surface area contributed by atoms with Crippen molar-refractivity contribution >= 4 is 11.8 Å². The largest absolute Gasteiger partial charge is 0.478 e. The number of carboxylic acid groups (broad SMARTS) is 1. The minimum Gasteiger partial charge on any atom is -0.478 e. The van der Waals surface area contributed by atoms with Crippen LogP contribution in [-0.4, -0.2) is 28.8 Å². The fourth-order valence-electron chi connectivity index (χ4n) is 2.09. The molecule has 0 saturated heterocycles. The first-order valence-electron chi connectivity index (χ1n) is 5.93. The minimum absolute atomic E-state index is 0.0254. The van der Waals surface area contributed by atoms with Crippen LogP contribution in [0.1, 0.15) is 34.5 Å². The van der Waals surface area contributed by atoms with Crippen LogP contribution in [0.5, 0.6) is 0 Å². The summed E-state index contributed by atoms with van der Waals surface area (Å²) in [5.74, 6) is -1.16. The van der Waals surface area contributed by atoms with Gasteiger partial charge in [-0.3, -0.25) is 0 Å². The molecule has 0 saturated carbocycles. The standard InChI is InChI=1S/C12H13F3N2O2/c13-12(14,15)4-5-16-10-8(11(18)19)6-7-2-1-3-9(7)17-10/h6H,1-5H2,(H,16,17)(H,18,19). The highest BCUT2D eigenvalue weighted by Gasteiger charge is 2.27. The molecule has 1 aliphatic carbocycles. The van der Waals surface area contributed by atoms with Crippen molar-refractivity contribution in [3.05, 3.63) is 22.9 Å². The molecule has 104 valence electrons. The summed E-state index contributed by atoms with van der Waals surface area (Å²) in [7, 11) is 0. The molecule has 0 unspecified atom stereocenters. The molecule has 1 aromatic heterocycles. The number of aromatic carboxylic acids is 1. The van der Waals surface area contributed by atoms with E-state index in [0.29, 0.717) is 0 Å². The first-order valence-corrected chi connectivity index (χ1v) is 5.93. The normalized spacial score (nSPS) is 14.3. The van der Waals surface area contributed by atoms with Gasteiger partial charge in [0.15, 0.2) is 0 Å². The zero-order chi connectivity index (χ0) is 14.0. The van der Waals surface area contributed by atoms with E-state index in [0.717, 1.165) is 30.5 Å². The molecule has 0 aliphatic heterocycles. The van der Waals surface area contributed by atoms with Crippen LogP contribution in [0.3, 0.4) is 0 Å². The number of aryl methyl sites for hydroxylation is 2. The Hall–Kier alpha value is -1.79. The van der Waals surface area contributed by atoms with Gasteiger partial charge in [-0.1, -0.05) is 0 Å². The van der Waals surface area contributed by atoms with Crippen LogP contribution in [0.15, 0.2) is 6.07 Å². The fraction of sp³-hybridized carbons (Fsp3) is 0.500. The molecule has 0 spiro atoms. The van der Waals surface area contributed by atoms with E-state index in [1.165, 1.54) is 6.07 Å². The Kier molecular flexibility index (Phi) is 3.64. The van der Waals surface area contributed by atoms with Gasteiger partial charge in [-0.2, -0.15) is 13.2 Å². The van der Waals surface area contributed by atoms with Crippen molar-refractivity contribution in [1.29, 1.82) is 0 Å². The summed E-state index contributed by atoms with van der Waals surface area (Å²) in [6, 6.07) is 1.51. The summed E-state index contributed by atoms with van der Waals surface area (Å²) >= 11 is 0. The molecule has 0 fully saturated rings. The molecule has 0 radical (unpaired) electrons. The van der Waals surface area contributed by atoms with Gasteiger partial charge in [0.1, 0.15) is 11.4 Å². The number of carboxylic acids is 1. The number of aromatic nitrogens is 1. The molecule has 2 N–H and O–H groups in total. The van der Waals surface area contributed by atoms with Crippen molar-refractivity contribution < 1.29 is 23.1 Å². The number of hydrogen-bond donors (Lipinski definition) is 2. The van der Waals surface area contributed by atoms with Crippen LogP contribution in [-0.2, 0) is 12.8 Å². The predicted octanol–water partition coefficient (Wildman–Crippen LogP) is 2.63. The number of anilines is 1. The molecule has 0 atom stereocenters. The quantitative estimate of drug-likeness (QED) is 0.886. The van der Waals surface area contributed by atoms with Crippen LogP contribution in [0, 0.1) is 0 Å². The molecule has 1 aromatic rings. The van der Waals surface area contributed by atoms with E-state index in [1.807, 2.05) is 0 Å². The average Bonchev–Trinajstić information content (AvgIpc) is 2.72. The Balaban J connectivity index is 2.16. The van der Waals surface area contributed by atoms with Crippen LogP contribution >= 0.6 is 0 Å². The number of nitrogens with one attached hydrogen (secondary N) is 1. The van der Waals surface area contributed by atoms with Gasteiger partial charge in [-0.15, -0.1) is 0 Å². The minimum atomic E-state index is -4.27. The fourth-order valence-corrected chi connectivity index (χ4v) is 2.09. The summed E-state index contributed by atoms with van der Waals surface area (Å²) in [6.07, 6.45) is -2.89. The third-order valence-electron chi connectivity index (χ3n) is 2.98. The second kappa shape index (κ2) is 5.07. The Labute approximate surface area is 107 Å². The lowest BCUT2D eigenvalue weighted by molar-refractivity contribution is -0.131. The Morgan fingerprint density at radius 1 is 1.42 bits per heavy atom. The van der Waals surface area contributed by atoms with Gasteiger partial charge in [-0.05, 0) is 30.9 Å². The Bertz CT molecular complexity index is 500. The van der Waals surface area contributed by atoms with Gasteiger partial charge in [0.05, 0.1) is 6.42 Å². The second-order valence-electron chi connectivity index (χ2n) is 4.44. The molecule has 19 heavy (non-hydrogen) atoms. The van der Waals surface area contributed by atoms with E-state index in [1.54, 1.807) is 0 Å². The maximum atomic E-state index is 12.1. The lowest BCUT2D eigenvalue weighted by Gasteiger charge is -2.12. The summed E-state index contributed by atoms with van der Waals surface area (Å²) in [5.41, 5.74) is 1.58. The van der Waals surface area contributed by atoms with Gasteiger partial charge >= 0.3 is 12.1 Å². The molecule has 0 amide bonds. The van der Waals surface area contributed by atoms with Crippen LogP contribution in [0.4, 0.5) is 19.0 Å². The van der Waals surface area contributed by atoms with Gasteiger partial charge < -0.3 is 10.4 Å². The van der Waals surface area contributed by atoms with Crippen molar-refractivity contribution in [3.8, 4) is 0 Å². The Morgan fingerprint density at radius 2 is 2.16 bits per heavy atom. The maximum Gasteiger partial charge on any atom is 0.390 e. The molecule has 0 aromatic carbocycles. The molecule has 0 bridgehead atoms. The highest BCUT2D eigenvalue weighted by molar-refractivity contribution is 5.93. The van der Waals surface area contributed by atoms with Crippen molar-refractivity contribution in [3.63, 3.8) is 0 Å². The van der Waals surface area contributed by atoms with Gasteiger partial charge in [0, 0.05) is 12.2 Å². The second-order valence-corrected chi connectivity index (χ2v) is 4.44. The number of rotatable bonds is 4. The number of hydrogen-bond acceptors (Lipinski definition) is 3. The molecular formula is C12H13F3N2O2. The topological polar surface area (TPSA) is 62.2 Å². The third-order valence-corrected chi connectivity index (χ3v) is 2.98. The number of carbonyl (C=O) groups is 1. The van der Waals surface area contributed by atoms with Crippen molar-refractivity contribution in [2.75, 3.05) is 11.9 Å². The molecular weight excluding hydrogens is 261 g/mol. The molecule has 4 nitrogen and oxygen atoms in total. The summed E-state index contributed by atoms with van der Waals surface area (Å²) in [5, 5.41) is 11.5. The first-order chi connectivity index (χ1) is 8.87. The van der Waals surface area contributed by atoms with E-state index in [2.05, 4.69) is 10.3 Å². The van der Waals surface area contributed by atoms with E-state index < -0.39 is 18.6 Å². The lowest BCUT2D eigenvalue weighted by atomic mass is 10.1. The van der Waals surface area contributed by atoms with Crippen LogP contribution in [0.2, 0.25) is 0 Å². The third kappa shape index (κ3) is 3.36. The van der Waals surface area contributed by atoms with Crippen molar-refractivity contribution in [2.45, 2.75) is 31.9 Å². The molecule has 7 heteroatoms. The Morgan fingerprint density at radius 3 is 2.79 bits per heavy atom. The highest BCUT2D eigenvalue weighted by atomic mass is 19.4. The van der Waals surface area contributed by atoms with Crippen molar-refractivity contribution in [1.82, 2.24) is 4.98 Å². The average molecular weight is 274 g/mol. The van der Waals surface area contributed by atoms with Crippen LogP contribution in [0.25, 0.3) is 0 Å². The number of pyridine rings is 1. The zero-order valence-corrected chi connectivity index (χ0v) is 10.0. The lowest BCUT2D eigenvalue weighted by Crippen LogP contribution is -2.17. The monoisotopic (exact) mass is 274 g/mol. The van der Waals surface area contributed by atoms with E-state index in [4.69, 9.17) is 5.11 Å². The number of fused-ring (bicyclic) bond motifs is 1. The number of nitrogens with zero attached hydrogens (tertiary/aromatic N) is 1. The van der Waals surface area contributed by atoms with Gasteiger partial charge in [0.2, 0.25) is 0 Å². The van der Waals surface area contributed by atoms with Crippen molar-refractivity contribution in [2.24, 2.45) is 0 Å². The van der Waals surface area contributed by atoms with E-state index in [-0.39, 0.29) is 17.9 Å². The zero-order valence-electron chi connectivity index (χ0n) is 10.0. The van der Waals surface area contributed by atoms with Crippen LogP contribution < -0.4 is 5.32 Å². The molecule has 1 heterocycles. The highest BCUT2D eigenvalue weighted by Crippen LogP contribution is 2.26.